The molecule has 8 heteroatoms. The van der Waals surface area contributed by atoms with Crippen molar-refractivity contribution in [2.45, 2.75) is 32.0 Å². The van der Waals surface area contributed by atoms with Crippen LogP contribution in [0.4, 0.5) is 4.39 Å². The van der Waals surface area contributed by atoms with E-state index in [0.29, 0.717) is 19.6 Å². The van der Waals surface area contributed by atoms with Gasteiger partial charge in [-0.2, -0.15) is 0 Å². The minimum Gasteiger partial charge on any atom is -0.467 e. The van der Waals surface area contributed by atoms with Gasteiger partial charge in [-0.3, -0.25) is 4.99 Å². The number of benzene rings is 1. The first kappa shape index (κ1) is 20.2. The van der Waals surface area contributed by atoms with Crippen molar-refractivity contribution in [1.29, 1.82) is 0 Å². The van der Waals surface area contributed by atoms with Crippen LogP contribution in [0.1, 0.15) is 24.0 Å². The maximum absolute atomic E-state index is 13.7. The SMILES string of the molecule is CN=C(NCCc1cc(F)cc2c1OCOC2)NCC1CCCO1.I. The monoisotopic (exact) mass is 465 g/mol. The fraction of sp³-hybridized carbons (Fsp3) is 0.588. The molecule has 0 saturated carbocycles. The molecule has 1 aromatic carbocycles. The van der Waals surface area contributed by atoms with E-state index in [2.05, 4.69) is 15.6 Å². The van der Waals surface area contributed by atoms with Crippen molar-refractivity contribution < 1.29 is 18.6 Å². The fourth-order valence-electron chi connectivity index (χ4n) is 2.99. The van der Waals surface area contributed by atoms with E-state index in [1.54, 1.807) is 7.05 Å². The van der Waals surface area contributed by atoms with Crippen molar-refractivity contribution in [3.05, 3.63) is 29.1 Å². The predicted octanol–water partition coefficient (Wildman–Crippen LogP) is 2.20. The first-order chi connectivity index (χ1) is 11.8. The summed E-state index contributed by atoms with van der Waals surface area (Å²) in [6.07, 6.45) is 3.10. The molecular weight excluding hydrogens is 440 g/mol. The first-order valence-electron chi connectivity index (χ1n) is 8.34. The topological polar surface area (TPSA) is 64.1 Å². The Bertz CT molecular complexity index is 595. The minimum atomic E-state index is -0.265. The van der Waals surface area contributed by atoms with Gasteiger partial charge < -0.3 is 24.8 Å². The normalized spacial score (nSPS) is 19.6. The quantitative estimate of drug-likeness (QED) is 0.397. The number of guanidine groups is 1. The second-order valence-electron chi connectivity index (χ2n) is 5.93. The van der Waals surface area contributed by atoms with Crippen molar-refractivity contribution in [1.82, 2.24) is 10.6 Å². The van der Waals surface area contributed by atoms with Gasteiger partial charge in [0.25, 0.3) is 0 Å². The lowest BCUT2D eigenvalue weighted by molar-refractivity contribution is -0.0172. The van der Waals surface area contributed by atoms with Crippen LogP contribution >= 0.6 is 24.0 Å². The third-order valence-electron chi connectivity index (χ3n) is 4.18. The summed E-state index contributed by atoms with van der Waals surface area (Å²) in [6, 6.07) is 2.99. The van der Waals surface area contributed by atoms with E-state index < -0.39 is 0 Å². The van der Waals surface area contributed by atoms with Crippen LogP contribution in [0.15, 0.2) is 17.1 Å². The lowest BCUT2D eigenvalue weighted by atomic mass is 10.1. The number of aliphatic imine (C=N–C) groups is 1. The average molecular weight is 465 g/mol. The Morgan fingerprint density at radius 2 is 2.24 bits per heavy atom. The molecule has 1 fully saturated rings. The maximum Gasteiger partial charge on any atom is 0.191 e. The highest BCUT2D eigenvalue weighted by molar-refractivity contribution is 14.0. The van der Waals surface area contributed by atoms with Crippen LogP contribution in [0.5, 0.6) is 5.75 Å². The molecule has 2 heterocycles. The van der Waals surface area contributed by atoms with Gasteiger partial charge in [0.2, 0.25) is 0 Å². The van der Waals surface area contributed by atoms with E-state index in [1.807, 2.05) is 0 Å². The highest BCUT2D eigenvalue weighted by atomic mass is 127. The molecule has 1 unspecified atom stereocenters. The Labute approximate surface area is 164 Å². The molecule has 0 aliphatic carbocycles. The summed E-state index contributed by atoms with van der Waals surface area (Å²) in [7, 11) is 1.73. The van der Waals surface area contributed by atoms with E-state index in [-0.39, 0.29) is 42.7 Å². The van der Waals surface area contributed by atoms with E-state index >= 15 is 0 Å². The lowest BCUT2D eigenvalue weighted by Crippen LogP contribution is -2.41. The molecule has 0 spiro atoms. The molecule has 25 heavy (non-hydrogen) atoms. The highest BCUT2D eigenvalue weighted by Gasteiger charge is 2.17. The molecule has 2 aliphatic rings. The fourth-order valence-corrected chi connectivity index (χ4v) is 2.99. The maximum atomic E-state index is 13.7. The standard InChI is InChI=1S/C17H24FN3O3.HI/c1-19-17(21-9-15-3-2-6-23-15)20-5-4-12-7-14(18)8-13-10-22-11-24-16(12)13;/h7-8,15H,2-6,9-11H2,1H3,(H2,19,20,21);1H. The summed E-state index contributed by atoms with van der Waals surface area (Å²) in [6.45, 7) is 2.81. The summed E-state index contributed by atoms with van der Waals surface area (Å²) >= 11 is 0. The van der Waals surface area contributed by atoms with Crippen LogP contribution in [-0.2, 0) is 22.5 Å². The van der Waals surface area contributed by atoms with Crippen LogP contribution in [0, 0.1) is 5.82 Å². The number of hydrogen-bond acceptors (Lipinski definition) is 4. The number of fused-ring (bicyclic) bond motifs is 1. The molecule has 1 saturated heterocycles. The number of halogens is 2. The third kappa shape index (κ3) is 5.68. The molecule has 0 aromatic heterocycles. The zero-order valence-corrected chi connectivity index (χ0v) is 16.7. The Hall–Kier alpha value is -1.13. The van der Waals surface area contributed by atoms with Crippen molar-refractivity contribution in [2.24, 2.45) is 4.99 Å². The highest BCUT2D eigenvalue weighted by Crippen LogP contribution is 2.29. The molecule has 1 aromatic rings. The number of nitrogens with one attached hydrogen (secondary N) is 2. The van der Waals surface area contributed by atoms with Crippen LogP contribution in [-0.4, -0.2) is 45.6 Å². The van der Waals surface area contributed by atoms with E-state index in [9.17, 15) is 4.39 Å². The first-order valence-corrected chi connectivity index (χ1v) is 8.34. The van der Waals surface area contributed by atoms with E-state index in [4.69, 9.17) is 14.2 Å². The van der Waals surface area contributed by atoms with Gasteiger partial charge in [0.1, 0.15) is 11.6 Å². The number of hydrogen-bond donors (Lipinski definition) is 2. The third-order valence-corrected chi connectivity index (χ3v) is 4.18. The summed E-state index contributed by atoms with van der Waals surface area (Å²) in [5.74, 6) is 1.20. The number of rotatable bonds is 5. The molecule has 140 valence electrons. The molecule has 0 radical (unpaired) electrons. The van der Waals surface area contributed by atoms with Gasteiger partial charge in [0, 0.05) is 32.3 Å². The summed E-state index contributed by atoms with van der Waals surface area (Å²) in [4.78, 5) is 4.20. The Kier molecular flexibility index (Phi) is 8.17. The molecule has 0 amide bonds. The van der Waals surface area contributed by atoms with Gasteiger partial charge in [-0.15, -0.1) is 24.0 Å². The Morgan fingerprint density at radius 3 is 3.00 bits per heavy atom. The minimum absolute atomic E-state index is 0. The molecule has 3 rings (SSSR count). The lowest BCUT2D eigenvalue weighted by Gasteiger charge is -2.21. The smallest absolute Gasteiger partial charge is 0.191 e. The van der Waals surface area contributed by atoms with E-state index in [1.165, 1.54) is 12.1 Å². The predicted molar refractivity (Wildman–Crippen MR) is 104 cm³/mol. The van der Waals surface area contributed by atoms with Gasteiger partial charge in [-0.25, -0.2) is 4.39 Å². The molecule has 1 atom stereocenters. The number of nitrogens with zero attached hydrogens (tertiary/aromatic N) is 1. The van der Waals surface area contributed by atoms with Crippen LogP contribution < -0.4 is 15.4 Å². The van der Waals surface area contributed by atoms with Crippen molar-refractivity contribution >= 4 is 29.9 Å². The van der Waals surface area contributed by atoms with Crippen molar-refractivity contribution in [2.75, 3.05) is 33.5 Å². The number of ether oxygens (including phenoxy) is 3. The van der Waals surface area contributed by atoms with Crippen molar-refractivity contribution in [3.63, 3.8) is 0 Å². The van der Waals surface area contributed by atoms with Crippen molar-refractivity contribution in [3.8, 4) is 5.75 Å². The van der Waals surface area contributed by atoms with Crippen LogP contribution in [0.2, 0.25) is 0 Å². The zero-order valence-electron chi connectivity index (χ0n) is 14.3. The van der Waals surface area contributed by atoms with Gasteiger partial charge >= 0.3 is 0 Å². The zero-order chi connectivity index (χ0) is 16.8. The molecule has 2 aliphatic heterocycles. The van der Waals surface area contributed by atoms with Gasteiger partial charge in [-0.1, -0.05) is 0 Å². The molecule has 0 bridgehead atoms. The van der Waals surface area contributed by atoms with Gasteiger partial charge in [-0.05, 0) is 37.0 Å². The largest absolute Gasteiger partial charge is 0.467 e. The van der Waals surface area contributed by atoms with Gasteiger partial charge in [0.05, 0.1) is 12.7 Å². The molecule has 2 N–H and O–H groups in total. The second-order valence-corrected chi connectivity index (χ2v) is 5.93. The summed E-state index contributed by atoms with van der Waals surface area (Å²) in [5, 5.41) is 6.50. The Balaban J connectivity index is 0.00000225. The van der Waals surface area contributed by atoms with E-state index in [0.717, 1.165) is 48.8 Å². The summed E-state index contributed by atoms with van der Waals surface area (Å²) < 4.78 is 30.0. The average Bonchev–Trinajstić information content (AvgIpc) is 3.11. The van der Waals surface area contributed by atoms with Crippen LogP contribution in [0.3, 0.4) is 0 Å². The van der Waals surface area contributed by atoms with Crippen LogP contribution in [0.25, 0.3) is 0 Å². The molecular formula is C17H25FIN3O3. The summed E-state index contributed by atoms with van der Waals surface area (Å²) in [5.41, 5.74) is 1.60. The second kappa shape index (κ2) is 10.1. The molecule has 6 nitrogen and oxygen atoms in total. The van der Waals surface area contributed by atoms with Gasteiger partial charge in [0.15, 0.2) is 12.8 Å². The Morgan fingerprint density at radius 1 is 1.36 bits per heavy atom.